The Labute approximate surface area is 199 Å². The molecule has 1 heterocycles. The third-order valence-corrected chi connectivity index (χ3v) is 7.31. The van der Waals surface area contributed by atoms with Crippen LogP contribution in [0.25, 0.3) is 11.1 Å². The van der Waals surface area contributed by atoms with Gasteiger partial charge in [-0.3, -0.25) is 0 Å². The number of benzene rings is 3. The molecule has 6 nitrogen and oxygen atoms in total. The van der Waals surface area contributed by atoms with Crippen LogP contribution in [0.1, 0.15) is 18.4 Å². The van der Waals surface area contributed by atoms with E-state index in [1.165, 1.54) is 18.2 Å². The lowest BCUT2D eigenvalue weighted by Crippen LogP contribution is -2.37. The molecule has 34 heavy (non-hydrogen) atoms. The van der Waals surface area contributed by atoms with Crippen LogP contribution < -0.4 is 9.46 Å². The van der Waals surface area contributed by atoms with Crippen molar-refractivity contribution < 1.29 is 17.5 Å². The van der Waals surface area contributed by atoms with E-state index in [0.717, 1.165) is 42.5 Å². The third kappa shape index (κ3) is 6.20. The highest BCUT2D eigenvalue weighted by Crippen LogP contribution is 2.23. The van der Waals surface area contributed by atoms with Gasteiger partial charge in [0.05, 0.1) is 23.1 Å². The van der Waals surface area contributed by atoms with Gasteiger partial charge in [-0.25, -0.2) is 17.5 Å². The Hall–Kier alpha value is -3.25. The van der Waals surface area contributed by atoms with E-state index in [9.17, 15) is 12.8 Å². The molecule has 0 aromatic heterocycles. The maximum absolute atomic E-state index is 13.4. The SMILES string of the molecule is N#Cc1ccc(-c2ccc(OCCCN3CCC(NS(=O)(=O)c4cccc(F)c4)C3)cc2)cc1. The first-order valence-electron chi connectivity index (χ1n) is 11.2. The largest absolute Gasteiger partial charge is 0.494 e. The predicted molar refractivity (Wildman–Crippen MR) is 128 cm³/mol. The molecule has 176 valence electrons. The minimum atomic E-state index is -3.73. The number of hydrogen-bond acceptors (Lipinski definition) is 5. The first kappa shape index (κ1) is 23.9. The van der Waals surface area contributed by atoms with E-state index in [1.54, 1.807) is 12.1 Å². The topological polar surface area (TPSA) is 82.4 Å². The molecule has 1 fully saturated rings. The normalized spacial score (nSPS) is 16.3. The van der Waals surface area contributed by atoms with Crippen LogP contribution in [0.5, 0.6) is 5.75 Å². The Morgan fingerprint density at radius 2 is 1.76 bits per heavy atom. The summed E-state index contributed by atoms with van der Waals surface area (Å²) >= 11 is 0. The van der Waals surface area contributed by atoms with Crippen molar-refractivity contribution in [2.45, 2.75) is 23.8 Å². The van der Waals surface area contributed by atoms with Crippen LogP contribution in [-0.4, -0.2) is 45.6 Å². The van der Waals surface area contributed by atoms with E-state index in [1.807, 2.05) is 36.4 Å². The maximum atomic E-state index is 13.4. The van der Waals surface area contributed by atoms with Gasteiger partial charge in [-0.1, -0.05) is 30.3 Å². The van der Waals surface area contributed by atoms with Crippen molar-refractivity contribution in [2.75, 3.05) is 26.2 Å². The molecule has 3 aromatic rings. The first-order valence-corrected chi connectivity index (χ1v) is 12.6. The zero-order valence-electron chi connectivity index (χ0n) is 18.7. The second-order valence-electron chi connectivity index (χ2n) is 8.28. The first-order chi connectivity index (χ1) is 16.4. The van der Waals surface area contributed by atoms with Gasteiger partial charge in [-0.05, 0) is 73.0 Å². The van der Waals surface area contributed by atoms with Gasteiger partial charge in [0.25, 0.3) is 0 Å². The Kier molecular flexibility index (Phi) is 7.58. The average molecular weight is 480 g/mol. The van der Waals surface area contributed by atoms with Crippen LogP contribution in [-0.2, 0) is 10.0 Å². The fraction of sp³-hybridized carbons (Fsp3) is 0.269. The van der Waals surface area contributed by atoms with E-state index < -0.39 is 15.8 Å². The van der Waals surface area contributed by atoms with E-state index in [4.69, 9.17) is 10.00 Å². The van der Waals surface area contributed by atoms with Crippen molar-refractivity contribution in [1.82, 2.24) is 9.62 Å². The summed E-state index contributed by atoms with van der Waals surface area (Å²) in [7, 11) is -3.73. The highest BCUT2D eigenvalue weighted by Gasteiger charge is 2.27. The molecule has 0 spiro atoms. The molecule has 1 atom stereocenters. The lowest BCUT2D eigenvalue weighted by Gasteiger charge is -2.17. The van der Waals surface area contributed by atoms with Gasteiger partial charge in [0, 0.05) is 19.1 Å². The molecule has 1 aliphatic rings. The van der Waals surface area contributed by atoms with E-state index >= 15 is 0 Å². The number of likely N-dealkylation sites (tertiary alicyclic amines) is 1. The van der Waals surface area contributed by atoms with Gasteiger partial charge in [-0.15, -0.1) is 0 Å². The Morgan fingerprint density at radius 1 is 1.06 bits per heavy atom. The van der Waals surface area contributed by atoms with Crippen molar-refractivity contribution in [3.8, 4) is 22.9 Å². The van der Waals surface area contributed by atoms with Crippen molar-refractivity contribution in [3.63, 3.8) is 0 Å². The van der Waals surface area contributed by atoms with Gasteiger partial charge in [-0.2, -0.15) is 5.26 Å². The van der Waals surface area contributed by atoms with Gasteiger partial charge >= 0.3 is 0 Å². The Morgan fingerprint density at radius 3 is 2.44 bits per heavy atom. The second kappa shape index (κ2) is 10.8. The smallest absolute Gasteiger partial charge is 0.240 e. The fourth-order valence-electron chi connectivity index (χ4n) is 4.01. The number of halogens is 1. The van der Waals surface area contributed by atoms with Crippen LogP contribution in [0.3, 0.4) is 0 Å². The van der Waals surface area contributed by atoms with Crippen LogP contribution >= 0.6 is 0 Å². The summed E-state index contributed by atoms with van der Waals surface area (Å²) in [5.41, 5.74) is 2.74. The molecule has 4 rings (SSSR count). The van der Waals surface area contributed by atoms with E-state index in [0.29, 0.717) is 25.1 Å². The van der Waals surface area contributed by atoms with Crippen molar-refractivity contribution in [2.24, 2.45) is 0 Å². The molecule has 1 aliphatic heterocycles. The highest BCUT2D eigenvalue weighted by molar-refractivity contribution is 7.89. The minimum absolute atomic E-state index is 0.0513. The van der Waals surface area contributed by atoms with Crippen LogP contribution in [0, 0.1) is 17.1 Å². The molecule has 3 aromatic carbocycles. The predicted octanol–water partition coefficient (Wildman–Crippen LogP) is 4.19. The molecule has 0 saturated carbocycles. The highest BCUT2D eigenvalue weighted by atomic mass is 32.2. The molecule has 1 N–H and O–H groups in total. The third-order valence-electron chi connectivity index (χ3n) is 5.79. The molecular formula is C26H26FN3O3S. The molecular weight excluding hydrogens is 453 g/mol. The fourth-order valence-corrected chi connectivity index (χ4v) is 5.31. The van der Waals surface area contributed by atoms with Crippen molar-refractivity contribution in [3.05, 3.63) is 84.2 Å². The molecule has 0 aliphatic carbocycles. The second-order valence-corrected chi connectivity index (χ2v) is 9.99. The number of nitrogens with zero attached hydrogens (tertiary/aromatic N) is 2. The summed E-state index contributed by atoms with van der Waals surface area (Å²) in [4.78, 5) is 2.15. The van der Waals surface area contributed by atoms with Crippen LogP contribution in [0.2, 0.25) is 0 Å². The van der Waals surface area contributed by atoms with Gasteiger partial charge < -0.3 is 9.64 Å². The van der Waals surface area contributed by atoms with E-state index in [2.05, 4.69) is 15.7 Å². The lowest BCUT2D eigenvalue weighted by atomic mass is 10.0. The van der Waals surface area contributed by atoms with Crippen molar-refractivity contribution >= 4 is 10.0 Å². The number of hydrogen-bond donors (Lipinski definition) is 1. The van der Waals surface area contributed by atoms with Gasteiger partial charge in [0.15, 0.2) is 0 Å². The van der Waals surface area contributed by atoms with Gasteiger partial charge in [0.1, 0.15) is 11.6 Å². The number of rotatable bonds is 9. The molecule has 8 heteroatoms. The minimum Gasteiger partial charge on any atom is -0.494 e. The summed E-state index contributed by atoms with van der Waals surface area (Å²) in [6, 6.07) is 22.3. The lowest BCUT2D eigenvalue weighted by molar-refractivity contribution is 0.261. The Balaban J connectivity index is 1.19. The number of sulfonamides is 1. The summed E-state index contributed by atoms with van der Waals surface area (Å²) in [5.74, 6) is 0.222. The Bertz CT molecular complexity index is 1260. The quantitative estimate of drug-likeness (QED) is 0.466. The van der Waals surface area contributed by atoms with Gasteiger partial charge in [0.2, 0.25) is 10.0 Å². The molecule has 0 bridgehead atoms. The monoisotopic (exact) mass is 479 g/mol. The summed E-state index contributed by atoms with van der Waals surface area (Å²) in [6.07, 6.45) is 1.53. The number of nitriles is 1. The average Bonchev–Trinajstić information content (AvgIpc) is 3.29. The summed E-state index contributed by atoms with van der Waals surface area (Å²) in [5, 5.41) is 8.91. The molecule has 1 saturated heterocycles. The van der Waals surface area contributed by atoms with Crippen LogP contribution in [0.15, 0.2) is 77.7 Å². The van der Waals surface area contributed by atoms with Crippen molar-refractivity contribution in [1.29, 1.82) is 5.26 Å². The number of nitrogens with one attached hydrogen (secondary N) is 1. The zero-order valence-corrected chi connectivity index (χ0v) is 19.5. The van der Waals surface area contributed by atoms with Crippen LogP contribution in [0.4, 0.5) is 4.39 Å². The summed E-state index contributed by atoms with van der Waals surface area (Å²) < 4.78 is 46.9. The molecule has 1 unspecified atom stereocenters. The molecule has 0 radical (unpaired) electrons. The maximum Gasteiger partial charge on any atom is 0.240 e. The zero-order chi connectivity index (χ0) is 24.0. The van der Waals surface area contributed by atoms with E-state index in [-0.39, 0.29) is 10.9 Å². The standard InChI is InChI=1S/C26H26FN3O3S/c27-23-3-1-4-26(17-23)34(31,32)29-24-13-15-30(19-24)14-2-16-33-25-11-9-22(10-12-25)21-7-5-20(18-28)6-8-21/h1,3-12,17,24,29H,2,13-16,19H2. The summed E-state index contributed by atoms with van der Waals surface area (Å²) in [6.45, 7) is 2.79. The molecule has 0 amide bonds. The number of ether oxygens (including phenoxy) is 1.